The Morgan fingerprint density at radius 3 is 2.68 bits per heavy atom. The summed E-state index contributed by atoms with van der Waals surface area (Å²) in [4.78, 5) is 0. The standard InChI is InChI=1S/C16H19NO2/c1-3-19-16-10-12(2)8-9-14(16)17-11-13-6-4-5-7-15(13)18/h4-10,17-18H,3,11H2,1-2H3. The first-order chi connectivity index (χ1) is 9.20. The van der Waals surface area contributed by atoms with Crippen molar-refractivity contribution >= 4 is 5.69 Å². The zero-order valence-corrected chi connectivity index (χ0v) is 11.3. The van der Waals surface area contributed by atoms with E-state index < -0.39 is 0 Å². The van der Waals surface area contributed by atoms with Crippen LogP contribution in [0.25, 0.3) is 0 Å². The predicted octanol–water partition coefficient (Wildman–Crippen LogP) is 3.71. The quantitative estimate of drug-likeness (QED) is 0.858. The summed E-state index contributed by atoms with van der Waals surface area (Å²) in [6.45, 7) is 5.20. The van der Waals surface area contributed by atoms with Crippen LogP contribution in [0, 0.1) is 6.92 Å². The van der Waals surface area contributed by atoms with E-state index in [1.165, 1.54) is 0 Å². The van der Waals surface area contributed by atoms with Crippen molar-refractivity contribution in [1.29, 1.82) is 0 Å². The third-order valence-corrected chi connectivity index (χ3v) is 2.90. The van der Waals surface area contributed by atoms with Crippen molar-refractivity contribution in [3.8, 4) is 11.5 Å². The van der Waals surface area contributed by atoms with Gasteiger partial charge in [0.05, 0.1) is 12.3 Å². The van der Waals surface area contributed by atoms with Crippen molar-refractivity contribution in [2.24, 2.45) is 0 Å². The highest BCUT2D eigenvalue weighted by atomic mass is 16.5. The fourth-order valence-electron chi connectivity index (χ4n) is 1.90. The number of hydrogen-bond donors (Lipinski definition) is 2. The molecule has 0 fully saturated rings. The summed E-state index contributed by atoms with van der Waals surface area (Å²) < 4.78 is 5.61. The van der Waals surface area contributed by atoms with Gasteiger partial charge in [-0.3, -0.25) is 0 Å². The second-order valence-electron chi connectivity index (χ2n) is 4.41. The van der Waals surface area contributed by atoms with Gasteiger partial charge in [0.25, 0.3) is 0 Å². The second kappa shape index (κ2) is 6.14. The molecule has 0 aliphatic heterocycles. The summed E-state index contributed by atoms with van der Waals surface area (Å²) >= 11 is 0. The van der Waals surface area contributed by atoms with E-state index in [1.54, 1.807) is 6.07 Å². The lowest BCUT2D eigenvalue weighted by molar-refractivity contribution is 0.341. The van der Waals surface area contributed by atoms with Crippen molar-refractivity contribution in [2.45, 2.75) is 20.4 Å². The van der Waals surface area contributed by atoms with E-state index in [-0.39, 0.29) is 0 Å². The number of para-hydroxylation sites is 1. The molecule has 3 heteroatoms. The number of hydrogen-bond acceptors (Lipinski definition) is 3. The minimum absolute atomic E-state index is 0.306. The Morgan fingerprint density at radius 1 is 1.16 bits per heavy atom. The molecule has 19 heavy (non-hydrogen) atoms. The zero-order chi connectivity index (χ0) is 13.7. The maximum Gasteiger partial charge on any atom is 0.142 e. The molecule has 0 aliphatic rings. The largest absolute Gasteiger partial charge is 0.508 e. The number of aromatic hydroxyl groups is 1. The Kier molecular flexibility index (Phi) is 4.29. The van der Waals surface area contributed by atoms with Gasteiger partial charge in [-0.1, -0.05) is 24.3 Å². The molecule has 0 heterocycles. The molecule has 0 spiro atoms. The van der Waals surface area contributed by atoms with Crippen LogP contribution in [0.4, 0.5) is 5.69 Å². The molecule has 2 rings (SSSR count). The molecule has 0 saturated carbocycles. The number of nitrogens with one attached hydrogen (secondary N) is 1. The third-order valence-electron chi connectivity index (χ3n) is 2.90. The first kappa shape index (κ1) is 13.3. The predicted molar refractivity (Wildman–Crippen MR) is 77.8 cm³/mol. The molecular weight excluding hydrogens is 238 g/mol. The fourth-order valence-corrected chi connectivity index (χ4v) is 1.90. The van der Waals surface area contributed by atoms with E-state index in [0.717, 1.165) is 22.6 Å². The molecule has 0 bridgehead atoms. The van der Waals surface area contributed by atoms with Crippen LogP contribution in [0.5, 0.6) is 11.5 Å². The van der Waals surface area contributed by atoms with Crippen LogP contribution in [0.1, 0.15) is 18.1 Å². The highest BCUT2D eigenvalue weighted by Crippen LogP contribution is 2.27. The number of aryl methyl sites for hydroxylation is 1. The number of benzene rings is 2. The van der Waals surface area contributed by atoms with E-state index in [0.29, 0.717) is 18.9 Å². The van der Waals surface area contributed by atoms with E-state index in [9.17, 15) is 5.11 Å². The van der Waals surface area contributed by atoms with Crippen LogP contribution in [-0.2, 0) is 6.54 Å². The van der Waals surface area contributed by atoms with Gasteiger partial charge < -0.3 is 15.2 Å². The minimum Gasteiger partial charge on any atom is -0.508 e. The van der Waals surface area contributed by atoms with E-state index in [2.05, 4.69) is 5.32 Å². The molecule has 0 aliphatic carbocycles. The molecule has 0 unspecified atom stereocenters. The van der Waals surface area contributed by atoms with Crippen molar-refractivity contribution in [3.05, 3.63) is 53.6 Å². The number of phenols is 1. The molecule has 100 valence electrons. The van der Waals surface area contributed by atoms with Crippen LogP contribution in [0.15, 0.2) is 42.5 Å². The molecule has 2 aromatic carbocycles. The first-order valence-electron chi connectivity index (χ1n) is 6.45. The Hall–Kier alpha value is -2.16. The Labute approximate surface area is 113 Å². The monoisotopic (exact) mass is 257 g/mol. The maximum atomic E-state index is 9.73. The lowest BCUT2D eigenvalue weighted by Crippen LogP contribution is -2.03. The second-order valence-corrected chi connectivity index (χ2v) is 4.41. The maximum absolute atomic E-state index is 9.73. The molecule has 0 saturated heterocycles. The van der Waals surface area contributed by atoms with Crippen LogP contribution in [0.3, 0.4) is 0 Å². The average molecular weight is 257 g/mol. The van der Waals surface area contributed by atoms with Gasteiger partial charge in [0, 0.05) is 12.1 Å². The Bertz CT molecular complexity index is 552. The Balaban J connectivity index is 2.13. The molecule has 0 amide bonds. The molecule has 0 atom stereocenters. The van der Waals surface area contributed by atoms with E-state index in [1.807, 2.05) is 50.2 Å². The van der Waals surface area contributed by atoms with Gasteiger partial charge in [-0.25, -0.2) is 0 Å². The summed E-state index contributed by atoms with van der Waals surface area (Å²) in [5.41, 5.74) is 2.97. The normalized spacial score (nSPS) is 10.2. The molecule has 2 N–H and O–H groups in total. The van der Waals surface area contributed by atoms with Crippen molar-refractivity contribution in [2.75, 3.05) is 11.9 Å². The van der Waals surface area contributed by atoms with Gasteiger partial charge in [0.2, 0.25) is 0 Å². The van der Waals surface area contributed by atoms with Gasteiger partial charge in [-0.2, -0.15) is 0 Å². The van der Waals surface area contributed by atoms with Crippen molar-refractivity contribution in [1.82, 2.24) is 0 Å². The zero-order valence-electron chi connectivity index (χ0n) is 11.3. The molecule has 0 aromatic heterocycles. The molecule has 2 aromatic rings. The number of rotatable bonds is 5. The highest BCUT2D eigenvalue weighted by Gasteiger charge is 2.05. The minimum atomic E-state index is 0.306. The molecule has 0 radical (unpaired) electrons. The average Bonchev–Trinajstić information content (AvgIpc) is 2.40. The lowest BCUT2D eigenvalue weighted by Gasteiger charge is -2.13. The topological polar surface area (TPSA) is 41.5 Å². The molecule has 3 nitrogen and oxygen atoms in total. The smallest absolute Gasteiger partial charge is 0.142 e. The van der Waals surface area contributed by atoms with Crippen molar-refractivity contribution < 1.29 is 9.84 Å². The molecular formula is C16H19NO2. The number of phenolic OH excluding ortho intramolecular Hbond substituents is 1. The lowest BCUT2D eigenvalue weighted by atomic mass is 10.1. The van der Waals surface area contributed by atoms with E-state index in [4.69, 9.17) is 4.74 Å². The van der Waals surface area contributed by atoms with Crippen LogP contribution in [-0.4, -0.2) is 11.7 Å². The number of ether oxygens (including phenoxy) is 1. The van der Waals surface area contributed by atoms with Crippen LogP contribution in [0.2, 0.25) is 0 Å². The fraction of sp³-hybridized carbons (Fsp3) is 0.250. The summed E-state index contributed by atoms with van der Waals surface area (Å²) in [5.74, 6) is 1.15. The van der Waals surface area contributed by atoms with Gasteiger partial charge in [-0.15, -0.1) is 0 Å². The van der Waals surface area contributed by atoms with Crippen LogP contribution >= 0.6 is 0 Å². The van der Waals surface area contributed by atoms with E-state index >= 15 is 0 Å². The van der Waals surface area contributed by atoms with Gasteiger partial charge in [-0.05, 0) is 37.6 Å². The van der Waals surface area contributed by atoms with Gasteiger partial charge in [0.15, 0.2) is 0 Å². The van der Waals surface area contributed by atoms with Crippen LogP contribution < -0.4 is 10.1 Å². The SMILES string of the molecule is CCOc1cc(C)ccc1NCc1ccccc1O. The van der Waals surface area contributed by atoms with Crippen molar-refractivity contribution in [3.63, 3.8) is 0 Å². The summed E-state index contributed by atoms with van der Waals surface area (Å²) in [6.07, 6.45) is 0. The highest BCUT2D eigenvalue weighted by molar-refractivity contribution is 5.58. The summed E-state index contributed by atoms with van der Waals surface area (Å²) in [5, 5.41) is 13.0. The summed E-state index contributed by atoms with van der Waals surface area (Å²) in [6, 6.07) is 13.4. The summed E-state index contributed by atoms with van der Waals surface area (Å²) in [7, 11) is 0. The van der Waals surface area contributed by atoms with Gasteiger partial charge in [0.1, 0.15) is 11.5 Å². The Morgan fingerprint density at radius 2 is 1.95 bits per heavy atom. The van der Waals surface area contributed by atoms with Gasteiger partial charge >= 0.3 is 0 Å². The number of anilines is 1. The first-order valence-corrected chi connectivity index (χ1v) is 6.45. The third kappa shape index (κ3) is 3.41.